The molecule has 0 bridgehead atoms. The van der Waals surface area contributed by atoms with Gasteiger partial charge in [-0.05, 0) is 23.8 Å². The first-order valence-corrected chi connectivity index (χ1v) is 8.32. The van der Waals surface area contributed by atoms with E-state index in [1.54, 1.807) is 30.3 Å². The molecule has 0 saturated carbocycles. The van der Waals surface area contributed by atoms with E-state index in [4.69, 9.17) is 4.42 Å². The summed E-state index contributed by atoms with van der Waals surface area (Å²) < 4.78 is 32.9. The lowest BCUT2D eigenvalue weighted by molar-refractivity contribution is 0.498. The normalized spacial score (nSPS) is 11.5. The molecule has 4 nitrogen and oxygen atoms in total. The molecule has 3 rings (SSSR count). The van der Waals surface area contributed by atoms with Crippen LogP contribution in [0.1, 0.15) is 5.76 Å². The second-order valence-electron chi connectivity index (χ2n) is 4.77. The Hall–Kier alpha value is -2.37. The lowest BCUT2D eigenvalue weighted by Gasteiger charge is -2.11. The second kappa shape index (κ2) is 6.17. The van der Waals surface area contributed by atoms with Gasteiger partial charge in [-0.1, -0.05) is 48.5 Å². The van der Waals surface area contributed by atoms with Gasteiger partial charge in [0.25, 0.3) is 0 Å². The maximum absolute atomic E-state index is 12.6. The molecule has 1 aromatic heterocycles. The fourth-order valence-corrected chi connectivity index (χ4v) is 3.44. The quantitative estimate of drug-likeness (QED) is 0.785. The zero-order chi connectivity index (χ0) is 15.4. The third-order valence-electron chi connectivity index (χ3n) is 3.28. The van der Waals surface area contributed by atoms with Crippen LogP contribution in [0.5, 0.6) is 0 Å². The summed E-state index contributed by atoms with van der Waals surface area (Å²) >= 11 is 0. The number of rotatable bonds is 5. The minimum absolute atomic E-state index is 0.123. The molecule has 0 atom stereocenters. The highest BCUT2D eigenvalue weighted by atomic mass is 32.2. The molecule has 0 radical (unpaired) electrons. The monoisotopic (exact) mass is 313 g/mol. The fraction of sp³-hybridized carbons (Fsp3) is 0.0588. The van der Waals surface area contributed by atoms with Gasteiger partial charge in [0, 0.05) is 5.56 Å². The minimum atomic E-state index is -3.63. The average Bonchev–Trinajstić information content (AvgIpc) is 3.07. The summed E-state index contributed by atoms with van der Waals surface area (Å²) in [6.45, 7) is 0.123. The summed E-state index contributed by atoms with van der Waals surface area (Å²) in [7, 11) is -3.63. The van der Waals surface area contributed by atoms with Crippen LogP contribution in [0.15, 0.2) is 82.3 Å². The van der Waals surface area contributed by atoms with Crippen molar-refractivity contribution in [2.45, 2.75) is 11.4 Å². The van der Waals surface area contributed by atoms with Crippen LogP contribution in [0.3, 0.4) is 0 Å². The van der Waals surface area contributed by atoms with Crippen LogP contribution in [0, 0.1) is 0 Å². The van der Waals surface area contributed by atoms with Crippen molar-refractivity contribution in [2.75, 3.05) is 0 Å². The van der Waals surface area contributed by atoms with E-state index in [2.05, 4.69) is 4.72 Å². The summed E-state index contributed by atoms with van der Waals surface area (Å²) in [6, 6.07) is 19.8. The predicted octanol–water partition coefficient (Wildman–Crippen LogP) is 3.43. The third-order valence-corrected chi connectivity index (χ3v) is 4.74. The van der Waals surface area contributed by atoms with Crippen molar-refractivity contribution in [3.05, 3.63) is 78.8 Å². The smallest absolute Gasteiger partial charge is 0.241 e. The van der Waals surface area contributed by atoms with Crippen LogP contribution >= 0.6 is 0 Å². The molecule has 0 fully saturated rings. The van der Waals surface area contributed by atoms with Crippen LogP contribution in [0.2, 0.25) is 0 Å². The Balaban J connectivity index is 1.94. The molecule has 5 heteroatoms. The summed E-state index contributed by atoms with van der Waals surface area (Å²) in [5.74, 6) is 0.570. The summed E-state index contributed by atoms with van der Waals surface area (Å²) in [5, 5.41) is 0. The van der Waals surface area contributed by atoms with Crippen molar-refractivity contribution in [1.82, 2.24) is 4.72 Å². The maximum atomic E-state index is 12.6. The van der Waals surface area contributed by atoms with Crippen molar-refractivity contribution in [3.8, 4) is 11.1 Å². The van der Waals surface area contributed by atoms with E-state index in [0.29, 0.717) is 11.3 Å². The van der Waals surface area contributed by atoms with Crippen LogP contribution in [0.4, 0.5) is 0 Å². The van der Waals surface area contributed by atoms with Gasteiger partial charge >= 0.3 is 0 Å². The van der Waals surface area contributed by atoms with Crippen molar-refractivity contribution in [1.29, 1.82) is 0 Å². The molecule has 3 aromatic rings. The first-order chi connectivity index (χ1) is 10.7. The number of benzene rings is 2. The van der Waals surface area contributed by atoms with Crippen LogP contribution in [0.25, 0.3) is 11.1 Å². The predicted molar refractivity (Wildman–Crippen MR) is 84.6 cm³/mol. The molecule has 0 saturated heterocycles. The van der Waals surface area contributed by atoms with E-state index in [-0.39, 0.29) is 11.4 Å². The molecule has 0 aliphatic rings. The highest BCUT2D eigenvalue weighted by molar-refractivity contribution is 7.89. The first kappa shape index (κ1) is 14.6. The van der Waals surface area contributed by atoms with Crippen LogP contribution in [-0.4, -0.2) is 8.42 Å². The van der Waals surface area contributed by atoms with E-state index in [1.807, 2.05) is 36.4 Å². The highest BCUT2D eigenvalue weighted by Crippen LogP contribution is 2.26. The number of sulfonamides is 1. The van der Waals surface area contributed by atoms with Gasteiger partial charge in [0.2, 0.25) is 10.0 Å². The summed E-state index contributed by atoms with van der Waals surface area (Å²) in [5.41, 5.74) is 1.54. The Labute approximate surface area is 129 Å². The molecule has 0 unspecified atom stereocenters. The van der Waals surface area contributed by atoms with Gasteiger partial charge in [-0.25, -0.2) is 13.1 Å². The van der Waals surface area contributed by atoms with Crippen molar-refractivity contribution in [3.63, 3.8) is 0 Å². The lowest BCUT2D eigenvalue weighted by atomic mass is 10.1. The van der Waals surface area contributed by atoms with E-state index in [0.717, 1.165) is 5.56 Å². The molecule has 112 valence electrons. The highest BCUT2D eigenvalue weighted by Gasteiger charge is 2.19. The Morgan fingerprint density at radius 1 is 0.864 bits per heavy atom. The topological polar surface area (TPSA) is 59.3 Å². The molecule has 0 aliphatic carbocycles. The zero-order valence-corrected chi connectivity index (χ0v) is 12.6. The van der Waals surface area contributed by atoms with Crippen molar-refractivity contribution >= 4 is 10.0 Å². The minimum Gasteiger partial charge on any atom is -0.468 e. The standard InChI is InChI=1S/C17H15NO3S/c19-22(20,18-13-15-9-6-12-21-15)17-11-5-4-10-16(17)14-7-2-1-3-8-14/h1-12,18H,13H2. The van der Waals surface area contributed by atoms with Gasteiger partial charge in [0.1, 0.15) is 5.76 Å². The Morgan fingerprint density at radius 3 is 2.32 bits per heavy atom. The van der Waals surface area contributed by atoms with Gasteiger partial charge < -0.3 is 4.42 Å². The van der Waals surface area contributed by atoms with Gasteiger partial charge in [0.05, 0.1) is 17.7 Å². The van der Waals surface area contributed by atoms with Crippen molar-refractivity contribution < 1.29 is 12.8 Å². The Bertz CT molecular complexity index is 841. The largest absolute Gasteiger partial charge is 0.468 e. The number of hydrogen-bond donors (Lipinski definition) is 1. The number of furan rings is 1. The number of hydrogen-bond acceptors (Lipinski definition) is 3. The summed E-state index contributed by atoms with van der Waals surface area (Å²) in [6.07, 6.45) is 1.52. The molecular formula is C17H15NO3S. The SMILES string of the molecule is O=S(=O)(NCc1ccco1)c1ccccc1-c1ccccc1. The Kier molecular flexibility index (Phi) is 4.09. The Morgan fingerprint density at radius 2 is 1.59 bits per heavy atom. The second-order valence-corrected chi connectivity index (χ2v) is 6.50. The van der Waals surface area contributed by atoms with E-state index >= 15 is 0 Å². The molecule has 0 aliphatic heterocycles. The zero-order valence-electron chi connectivity index (χ0n) is 11.8. The van der Waals surface area contributed by atoms with Gasteiger partial charge in [-0.15, -0.1) is 0 Å². The molecule has 0 amide bonds. The molecule has 1 heterocycles. The molecular weight excluding hydrogens is 298 g/mol. The van der Waals surface area contributed by atoms with E-state index in [1.165, 1.54) is 6.26 Å². The average molecular weight is 313 g/mol. The fourth-order valence-electron chi connectivity index (χ4n) is 2.21. The first-order valence-electron chi connectivity index (χ1n) is 6.83. The molecule has 22 heavy (non-hydrogen) atoms. The molecule has 2 aromatic carbocycles. The van der Waals surface area contributed by atoms with Gasteiger partial charge in [0.15, 0.2) is 0 Å². The van der Waals surface area contributed by atoms with Gasteiger partial charge in [-0.3, -0.25) is 0 Å². The molecule has 0 spiro atoms. The van der Waals surface area contributed by atoms with Crippen molar-refractivity contribution in [2.24, 2.45) is 0 Å². The molecule has 1 N–H and O–H groups in total. The van der Waals surface area contributed by atoms with Crippen LogP contribution < -0.4 is 4.72 Å². The lowest BCUT2D eigenvalue weighted by Crippen LogP contribution is -2.23. The number of nitrogens with one attached hydrogen (secondary N) is 1. The van der Waals surface area contributed by atoms with E-state index < -0.39 is 10.0 Å². The summed E-state index contributed by atoms with van der Waals surface area (Å²) in [4.78, 5) is 0.257. The maximum Gasteiger partial charge on any atom is 0.241 e. The third kappa shape index (κ3) is 3.10. The van der Waals surface area contributed by atoms with E-state index in [9.17, 15) is 8.42 Å². The van der Waals surface area contributed by atoms with Gasteiger partial charge in [-0.2, -0.15) is 0 Å². The van der Waals surface area contributed by atoms with Crippen LogP contribution in [-0.2, 0) is 16.6 Å².